The number of carbonyl (C=O) groups excluding carboxylic acids is 3. The van der Waals surface area contributed by atoms with Gasteiger partial charge in [0.1, 0.15) is 17.2 Å². The molecule has 0 radical (unpaired) electrons. The molecule has 3 aliphatic heterocycles. The van der Waals surface area contributed by atoms with Gasteiger partial charge in [0.25, 0.3) is 0 Å². The molecule has 40 heavy (non-hydrogen) atoms. The third-order valence-electron chi connectivity index (χ3n) is 8.55. The minimum Gasteiger partial charge on any atom is -0.497 e. The van der Waals surface area contributed by atoms with Gasteiger partial charge in [-0.1, -0.05) is 72.8 Å². The number of hydrogen-bond donors (Lipinski definition) is 1. The van der Waals surface area contributed by atoms with Crippen molar-refractivity contribution in [2.75, 3.05) is 12.4 Å². The van der Waals surface area contributed by atoms with Crippen LogP contribution in [-0.4, -0.2) is 35.5 Å². The lowest BCUT2D eigenvalue weighted by Gasteiger charge is -2.38. The summed E-state index contributed by atoms with van der Waals surface area (Å²) in [5.41, 5.74) is 2.84. The van der Waals surface area contributed by atoms with E-state index in [1.54, 1.807) is 43.5 Å². The summed E-state index contributed by atoms with van der Waals surface area (Å²) in [5, 5.41) is 3.07. The number of benzene rings is 4. The number of hydrogen-bond acceptors (Lipinski definition) is 5. The molecule has 1 N–H and O–H groups in total. The summed E-state index contributed by atoms with van der Waals surface area (Å²) in [6.07, 6.45) is 3.85. The zero-order valence-electron chi connectivity index (χ0n) is 21.8. The molecule has 0 bridgehead atoms. The Morgan fingerprint density at radius 2 is 1.48 bits per heavy atom. The molecule has 0 aromatic heterocycles. The van der Waals surface area contributed by atoms with Gasteiger partial charge in [0.15, 0.2) is 11.6 Å². The van der Waals surface area contributed by atoms with Crippen molar-refractivity contribution < 1.29 is 19.1 Å². The standard InChI is InChI=1S/C34H26N2O4/c1-40-24-17-15-23(16-18-24)30(37)28-29(31(38)22-10-3-2-4-11-22)36-20-19-21-9-5-6-12-25(21)32(36)34(28)26-13-7-8-14-27(26)35-33(34)39/h2-20,28-29,32H,1H3,(H,35,39)/t28-,29+,32-,34+/m0/s1. The smallest absolute Gasteiger partial charge is 0.238 e. The summed E-state index contributed by atoms with van der Waals surface area (Å²) in [6, 6.07) is 29.8. The predicted molar refractivity (Wildman–Crippen MR) is 152 cm³/mol. The summed E-state index contributed by atoms with van der Waals surface area (Å²) in [6.45, 7) is 0. The van der Waals surface area contributed by atoms with Crippen LogP contribution < -0.4 is 10.1 Å². The molecular weight excluding hydrogens is 500 g/mol. The number of nitrogens with one attached hydrogen (secondary N) is 1. The molecule has 1 amide bonds. The molecule has 0 aliphatic carbocycles. The van der Waals surface area contributed by atoms with Gasteiger partial charge in [-0.2, -0.15) is 0 Å². The maximum atomic E-state index is 14.7. The first-order valence-corrected chi connectivity index (χ1v) is 13.3. The lowest BCUT2D eigenvalue weighted by atomic mass is 9.62. The largest absolute Gasteiger partial charge is 0.497 e. The van der Waals surface area contributed by atoms with Gasteiger partial charge in [-0.15, -0.1) is 0 Å². The highest BCUT2D eigenvalue weighted by molar-refractivity contribution is 6.16. The van der Waals surface area contributed by atoms with Crippen molar-refractivity contribution in [1.29, 1.82) is 0 Å². The van der Waals surface area contributed by atoms with Crippen molar-refractivity contribution in [2.24, 2.45) is 5.92 Å². The van der Waals surface area contributed by atoms with Gasteiger partial charge in [-0.05, 0) is 53.1 Å². The van der Waals surface area contributed by atoms with Gasteiger partial charge in [-0.25, -0.2) is 0 Å². The molecule has 0 saturated carbocycles. The quantitative estimate of drug-likeness (QED) is 0.339. The van der Waals surface area contributed by atoms with E-state index in [-0.39, 0.29) is 17.5 Å². The molecule has 4 aromatic rings. The minimum atomic E-state index is -1.34. The van der Waals surface area contributed by atoms with E-state index >= 15 is 0 Å². The Balaban J connectivity index is 1.53. The molecule has 7 rings (SSSR count). The number of rotatable bonds is 5. The third kappa shape index (κ3) is 3.26. The zero-order valence-corrected chi connectivity index (χ0v) is 21.8. The summed E-state index contributed by atoms with van der Waals surface area (Å²) in [4.78, 5) is 45.6. The molecule has 6 nitrogen and oxygen atoms in total. The number of anilines is 1. The fourth-order valence-electron chi connectivity index (χ4n) is 6.88. The Morgan fingerprint density at radius 1 is 0.800 bits per heavy atom. The first kappa shape index (κ1) is 24.1. The topological polar surface area (TPSA) is 75.7 Å². The number of ketones is 2. The molecule has 1 spiro atoms. The molecular formula is C34H26N2O4. The van der Waals surface area contributed by atoms with Gasteiger partial charge in [0, 0.05) is 23.0 Å². The Hall–Kier alpha value is -4.97. The van der Waals surface area contributed by atoms with E-state index in [9.17, 15) is 14.4 Å². The first-order chi connectivity index (χ1) is 19.6. The SMILES string of the molecule is COc1ccc(C(=O)[C@@H]2[C@H](C(=O)c3ccccc3)N3C=Cc4ccccc4[C@H]3[C@]23C(=O)Nc2ccccc23)cc1. The lowest BCUT2D eigenvalue weighted by molar-refractivity contribution is -0.122. The molecule has 4 atom stereocenters. The van der Waals surface area contributed by atoms with Crippen molar-refractivity contribution in [3.05, 3.63) is 137 Å². The van der Waals surface area contributed by atoms with Crippen molar-refractivity contribution in [2.45, 2.75) is 17.5 Å². The number of fused-ring (bicyclic) bond motifs is 6. The average Bonchev–Trinajstić information content (AvgIpc) is 3.49. The second-order valence-electron chi connectivity index (χ2n) is 10.4. The van der Waals surface area contributed by atoms with Crippen LogP contribution in [0.1, 0.15) is 43.4 Å². The average molecular weight is 527 g/mol. The molecule has 6 heteroatoms. The number of nitrogens with zero attached hydrogens (tertiary/aromatic N) is 1. The molecule has 0 unspecified atom stereocenters. The molecule has 3 heterocycles. The van der Waals surface area contributed by atoms with Crippen molar-refractivity contribution in [1.82, 2.24) is 4.90 Å². The number of carbonyl (C=O) groups is 3. The maximum absolute atomic E-state index is 14.7. The highest BCUT2D eigenvalue weighted by atomic mass is 16.5. The van der Waals surface area contributed by atoms with Gasteiger partial charge < -0.3 is 15.0 Å². The molecule has 196 valence electrons. The van der Waals surface area contributed by atoms with Crippen LogP contribution in [0.5, 0.6) is 5.75 Å². The van der Waals surface area contributed by atoms with Crippen LogP contribution in [0.4, 0.5) is 5.69 Å². The molecule has 4 aromatic carbocycles. The number of methoxy groups -OCH3 is 1. The van der Waals surface area contributed by atoms with Crippen LogP contribution in [0.3, 0.4) is 0 Å². The second-order valence-corrected chi connectivity index (χ2v) is 10.4. The van der Waals surface area contributed by atoms with E-state index in [4.69, 9.17) is 4.74 Å². The predicted octanol–water partition coefficient (Wildman–Crippen LogP) is 5.68. The Kier molecular flexibility index (Phi) is 5.46. The van der Waals surface area contributed by atoms with Crippen LogP contribution in [0, 0.1) is 5.92 Å². The van der Waals surface area contributed by atoms with E-state index in [0.29, 0.717) is 22.6 Å². The van der Waals surface area contributed by atoms with Gasteiger partial charge in [0.05, 0.1) is 19.1 Å². The van der Waals surface area contributed by atoms with Crippen LogP contribution in [0.25, 0.3) is 6.08 Å². The molecule has 1 saturated heterocycles. The van der Waals surface area contributed by atoms with Crippen molar-refractivity contribution in [3.8, 4) is 5.75 Å². The van der Waals surface area contributed by atoms with E-state index in [1.807, 2.05) is 83.9 Å². The second kappa shape index (κ2) is 9.06. The Bertz CT molecular complexity index is 1690. The minimum absolute atomic E-state index is 0.199. The maximum Gasteiger partial charge on any atom is 0.238 e. The van der Waals surface area contributed by atoms with Crippen LogP contribution >= 0.6 is 0 Å². The van der Waals surface area contributed by atoms with Gasteiger partial charge >= 0.3 is 0 Å². The van der Waals surface area contributed by atoms with E-state index < -0.39 is 23.4 Å². The summed E-state index contributed by atoms with van der Waals surface area (Å²) in [7, 11) is 1.57. The molecule has 1 fully saturated rings. The summed E-state index contributed by atoms with van der Waals surface area (Å²) < 4.78 is 5.32. The number of para-hydroxylation sites is 1. The van der Waals surface area contributed by atoms with E-state index in [0.717, 1.165) is 16.7 Å². The zero-order chi connectivity index (χ0) is 27.4. The monoisotopic (exact) mass is 526 g/mol. The Labute approximate surface area is 231 Å². The van der Waals surface area contributed by atoms with Gasteiger partial charge in [0.2, 0.25) is 5.91 Å². The summed E-state index contributed by atoms with van der Waals surface area (Å²) in [5.74, 6) is -1.12. The van der Waals surface area contributed by atoms with Gasteiger partial charge in [-0.3, -0.25) is 14.4 Å². The van der Waals surface area contributed by atoms with Crippen LogP contribution in [0.15, 0.2) is 109 Å². The first-order valence-electron chi connectivity index (χ1n) is 13.3. The van der Waals surface area contributed by atoms with E-state index in [1.165, 1.54) is 0 Å². The number of amides is 1. The normalized spacial score (nSPS) is 23.8. The fourth-order valence-corrected chi connectivity index (χ4v) is 6.88. The Morgan fingerprint density at radius 3 is 2.25 bits per heavy atom. The van der Waals surface area contributed by atoms with Crippen molar-refractivity contribution >= 4 is 29.2 Å². The van der Waals surface area contributed by atoms with Crippen LogP contribution in [0.2, 0.25) is 0 Å². The highest BCUT2D eigenvalue weighted by Crippen LogP contribution is 2.62. The molecule has 3 aliphatic rings. The van der Waals surface area contributed by atoms with Crippen molar-refractivity contribution in [3.63, 3.8) is 0 Å². The highest BCUT2D eigenvalue weighted by Gasteiger charge is 2.70. The van der Waals surface area contributed by atoms with E-state index in [2.05, 4.69) is 5.32 Å². The van der Waals surface area contributed by atoms with Crippen LogP contribution in [-0.2, 0) is 10.2 Å². The fraction of sp³-hybridized carbons (Fsp3) is 0.147. The number of Topliss-reactive ketones (excluding diaryl/α,β-unsaturated/α-hetero) is 2. The number of ether oxygens (including phenoxy) is 1. The third-order valence-corrected chi connectivity index (χ3v) is 8.55. The lowest BCUT2D eigenvalue weighted by Crippen LogP contribution is -2.49. The summed E-state index contributed by atoms with van der Waals surface area (Å²) >= 11 is 0.